The molecule has 3 aromatic rings. The molecule has 1 saturated carbocycles. The number of benzene rings is 1. The number of aryl methyl sites for hydroxylation is 1. The number of pyridine rings is 1. The topological polar surface area (TPSA) is 120 Å². The first-order valence-electron chi connectivity index (χ1n) is 12.5. The highest BCUT2D eigenvalue weighted by Gasteiger charge is 2.28. The van der Waals surface area contributed by atoms with Crippen molar-refractivity contribution in [1.82, 2.24) is 9.97 Å². The summed E-state index contributed by atoms with van der Waals surface area (Å²) in [6.07, 6.45) is 4.92. The maximum absolute atomic E-state index is 14.1. The second-order valence-corrected chi connectivity index (χ2v) is 11.9. The fourth-order valence-corrected chi connectivity index (χ4v) is 6.68. The predicted octanol–water partition coefficient (Wildman–Crippen LogP) is 5.38. The Balaban J connectivity index is 1.48. The van der Waals surface area contributed by atoms with E-state index in [0.717, 1.165) is 37.8 Å². The molecule has 0 spiro atoms. The Morgan fingerprint density at radius 2 is 1.92 bits per heavy atom. The van der Waals surface area contributed by atoms with Crippen LogP contribution in [0.3, 0.4) is 0 Å². The summed E-state index contributed by atoms with van der Waals surface area (Å²) in [7, 11) is -3.05. The number of hydrogen-bond donors (Lipinski definition) is 2. The van der Waals surface area contributed by atoms with Crippen molar-refractivity contribution in [3.05, 3.63) is 47.8 Å². The van der Waals surface area contributed by atoms with Crippen LogP contribution in [-0.2, 0) is 19.6 Å². The number of aromatic nitrogens is 2. The number of nitrogens with zero attached hydrogens (tertiary/aromatic N) is 2. The molecule has 0 bridgehead atoms. The van der Waals surface area contributed by atoms with Crippen molar-refractivity contribution in [2.24, 2.45) is 11.8 Å². The first kappa shape index (κ1) is 28.7. The average molecular weight is 581 g/mol. The van der Waals surface area contributed by atoms with Crippen molar-refractivity contribution in [2.45, 2.75) is 44.4 Å². The van der Waals surface area contributed by atoms with Crippen LogP contribution in [0.15, 0.2) is 35.4 Å². The van der Waals surface area contributed by atoms with Crippen LogP contribution < -0.4 is 14.8 Å². The van der Waals surface area contributed by atoms with E-state index in [1.807, 2.05) is 13.8 Å². The lowest BCUT2D eigenvalue weighted by Crippen LogP contribution is -2.26. The van der Waals surface area contributed by atoms with Crippen molar-refractivity contribution in [3.63, 3.8) is 0 Å². The predicted molar refractivity (Wildman–Crippen MR) is 144 cm³/mol. The highest BCUT2D eigenvalue weighted by molar-refractivity contribution is 7.92. The summed E-state index contributed by atoms with van der Waals surface area (Å²) in [5.74, 6) is -1.79. The number of sulfonamides is 1. The minimum Gasteiger partial charge on any atom is -0.480 e. The Bertz CT molecular complexity index is 1440. The van der Waals surface area contributed by atoms with Gasteiger partial charge in [0.1, 0.15) is 16.5 Å². The minimum absolute atomic E-state index is 0.0306. The third kappa shape index (κ3) is 6.82. The molecule has 0 radical (unpaired) electrons. The molecular formula is C26H30F2N4O5S2. The molecule has 0 amide bonds. The number of rotatable bonds is 10. The van der Waals surface area contributed by atoms with Crippen LogP contribution in [0.4, 0.5) is 19.6 Å². The van der Waals surface area contributed by atoms with Gasteiger partial charge in [-0.25, -0.2) is 27.2 Å². The van der Waals surface area contributed by atoms with E-state index in [9.17, 15) is 22.0 Å². The summed E-state index contributed by atoms with van der Waals surface area (Å²) in [6, 6.07) is 3.93. The van der Waals surface area contributed by atoms with Gasteiger partial charge in [0.15, 0.2) is 5.13 Å². The Labute approximate surface area is 230 Å². The van der Waals surface area contributed by atoms with Crippen LogP contribution in [-0.4, -0.2) is 44.6 Å². The molecule has 1 aromatic carbocycles. The van der Waals surface area contributed by atoms with Gasteiger partial charge in [0.25, 0.3) is 10.0 Å². The standard InChI is InChI=1S/C26H30F2N4O5S2/c1-4-37-25(33)17-7-5-16(6-8-17)13-30-26-31-15(2)23(38-26)18-11-22(24(36-3)29-14-18)39(34,35)32-21-10-9-19(27)12-20(21)28/h9-12,14,16-17,32H,4-8,13H2,1-3H3,(H,30,31)/t16-,17-. The molecular weight excluding hydrogens is 550 g/mol. The lowest BCUT2D eigenvalue weighted by molar-refractivity contribution is -0.149. The van der Waals surface area contributed by atoms with E-state index in [2.05, 4.69) is 20.0 Å². The molecule has 0 aliphatic heterocycles. The fraction of sp³-hybridized carbons (Fsp3) is 0.423. The van der Waals surface area contributed by atoms with Gasteiger partial charge in [-0.05, 0) is 63.6 Å². The zero-order valence-corrected chi connectivity index (χ0v) is 23.4. The number of carbonyl (C=O) groups is 1. The van der Waals surface area contributed by atoms with Crippen LogP contribution in [0.1, 0.15) is 38.3 Å². The Morgan fingerprint density at radius 3 is 2.59 bits per heavy atom. The molecule has 39 heavy (non-hydrogen) atoms. The van der Waals surface area contributed by atoms with Crippen molar-refractivity contribution in [3.8, 4) is 16.3 Å². The van der Waals surface area contributed by atoms with Gasteiger partial charge in [0.2, 0.25) is 5.88 Å². The van der Waals surface area contributed by atoms with Crippen molar-refractivity contribution >= 4 is 38.1 Å². The summed E-state index contributed by atoms with van der Waals surface area (Å²) in [6.45, 7) is 4.72. The number of hydrogen-bond acceptors (Lipinski definition) is 9. The van der Waals surface area contributed by atoms with Gasteiger partial charge in [0, 0.05) is 24.4 Å². The summed E-state index contributed by atoms with van der Waals surface area (Å²) >= 11 is 1.36. The van der Waals surface area contributed by atoms with E-state index in [4.69, 9.17) is 9.47 Å². The van der Waals surface area contributed by atoms with E-state index < -0.39 is 27.3 Å². The number of carbonyl (C=O) groups excluding carboxylic acids is 1. The van der Waals surface area contributed by atoms with Gasteiger partial charge in [-0.15, -0.1) is 0 Å². The number of halogens is 2. The van der Waals surface area contributed by atoms with E-state index >= 15 is 0 Å². The molecule has 9 nitrogen and oxygen atoms in total. The van der Waals surface area contributed by atoms with Gasteiger partial charge in [-0.2, -0.15) is 0 Å². The van der Waals surface area contributed by atoms with Crippen LogP contribution in [0.2, 0.25) is 0 Å². The SMILES string of the molecule is CCOC(=O)[C@H]1CC[C@H](CNc2nc(C)c(-c3cnc(OC)c(S(=O)(=O)Nc4ccc(F)cc4F)c3)s2)CC1. The summed E-state index contributed by atoms with van der Waals surface area (Å²) in [5, 5.41) is 4.05. The average Bonchev–Trinajstić information content (AvgIpc) is 3.29. The lowest BCUT2D eigenvalue weighted by atomic mass is 9.82. The minimum atomic E-state index is -4.33. The second-order valence-electron chi connectivity index (χ2n) is 9.25. The third-order valence-corrected chi connectivity index (χ3v) is 9.07. The Hall–Kier alpha value is -3.32. The maximum atomic E-state index is 14.1. The van der Waals surface area contributed by atoms with Crippen LogP contribution >= 0.6 is 11.3 Å². The number of anilines is 2. The number of methoxy groups -OCH3 is 1. The van der Waals surface area contributed by atoms with Crippen molar-refractivity contribution in [1.29, 1.82) is 0 Å². The fourth-order valence-electron chi connectivity index (χ4n) is 4.51. The van der Waals surface area contributed by atoms with Crippen LogP contribution in [0.25, 0.3) is 10.4 Å². The van der Waals surface area contributed by atoms with E-state index in [1.165, 1.54) is 30.7 Å². The highest BCUT2D eigenvalue weighted by atomic mass is 32.2. The van der Waals surface area contributed by atoms with E-state index in [-0.39, 0.29) is 22.7 Å². The Morgan fingerprint density at radius 1 is 1.18 bits per heavy atom. The molecule has 2 heterocycles. The van der Waals surface area contributed by atoms with E-state index in [1.54, 1.807) is 0 Å². The van der Waals surface area contributed by atoms with Gasteiger partial charge >= 0.3 is 5.97 Å². The molecule has 2 aromatic heterocycles. The quantitative estimate of drug-likeness (QED) is 0.307. The first-order chi connectivity index (χ1) is 18.6. The number of nitrogens with one attached hydrogen (secondary N) is 2. The molecule has 0 atom stereocenters. The molecule has 210 valence electrons. The van der Waals surface area contributed by atoms with Crippen LogP contribution in [0.5, 0.6) is 5.88 Å². The van der Waals surface area contributed by atoms with Crippen molar-refractivity contribution in [2.75, 3.05) is 30.3 Å². The van der Waals surface area contributed by atoms with Gasteiger partial charge in [0.05, 0.1) is 35.9 Å². The molecule has 0 saturated heterocycles. The highest BCUT2D eigenvalue weighted by Crippen LogP contribution is 2.37. The molecule has 13 heteroatoms. The van der Waals surface area contributed by atoms with Gasteiger partial charge < -0.3 is 14.8 Å². The molecule has 1 fully saturated rings. The maximum Gasteiger partial charge on any atom is 0.308 e. The van der Waals surface area contributed by atoms with Crippen molar-refractivity contribution < 1.29 is 31.5 Å². The monoisotopic (exact) mass is 580 g/mol. The zero-order chi connectivity index (χ0) is 28.2. The first-order valence-corrected chi connectivity index (χ1v) is 14.8. The number of thiazole rings is 1. The molecule has 1 aliphatic carbocycles. The molecule has 0 unspecified atom stereocenters. The van der Waals surface area contributed by atoms with E-state index in [0.29, 0.717) is 46.4 Å². The number of esters is 1. The summed E-state index contributed by atoms with van der Waals surface area (Å²) in [4.78, 5) is 21.1. The van der Waals surface area contributed by atoms with Crippen LogP contribution in [0, 0.1) is 30.4 Å². The zero-order valence-electron chi connectivity index (χ0n) is 21.8. The summed E-state index contributed by atoms with van der Waals surface area (Å²) < 4.78 is 66.1. The largest absolute Gasteiger partial charge is 0.480 e. The number of ether oxygens (including phenoxy) is 2. The summed E-state index contributed by atoms with van der Waals surface area (Å²) in [5.41, 5.74) is 0.774. The molecule has 1 aliphatic rings. The molecule has 4 rings (SSSR count). The van der Waals surface area contributed by atoms with Gasteiger partial charge in [-0.3, -0.25) is 9.52 Å². The normalized spacial score (nSPS) is 17.5. The Kier molecular flexibility index (Phi) is 9.01. The van der Waals surface area contributed by atoms with Gasteiger partial charge in [-0.1, -0.05) is 11.3 Å². The lowest BCUT2D eigenvalue weighted by Gasteiger charge is -2.27. The smallest absolute Gasteiger partial charge is 0.308 e. The third-order valence-electron chi connectivity index (χ3n) is 6.54. The second kappa shape index (κ2) is 12.2. The molecule has 2 N–H and O–H groups in total.